The van der Waals surface area contributed by atoms with Crippen molar-refractivity contribution < 1.29 is 9.53 Å². The summed E-state index contributed by atoms with van der Waals surface area (Å²) in [6.07, 6.45) is 3.01. The Morgan fingerprint density at radius 1 is 1.40 bits per heavy atom. The summed E-state index contributed by atoms with van der Waals surface area (Å²) in [7, 11) is 1.44. The van der Waals surface area contributed by atoms with E-state index in [1.165, 1.54) is 7.11 Å². The van der Waals surface area contributed by atoms with E-state index in [2.05, 4.69) is 33.0 Å². The van der Waals surface area contributed by atoms with Crippen molar-refractivity contribution in [2.24, 2.45) is 5.41 Å². The van der Waals surface area contributed by atoms with Crippen molar-refractivity contribution in [3.8, 4) is 0 Å². The molecule has 1 unspecified atom stereocenters. The lowest BCUT2D eigenvalue weighted by atomic mass is 9.96. The van der Waals surface area contributed by atoms with Crippen LogP contribution >= 0.6 is 0 Å². The second-order valence-electron chi connectivity index (χ2n) is 5.16. The van der Waals surface area contributed by atoms with Crippen molar-refractivity contribution in [2.75, 3.05) is 13.7 Å². The molecule has 0 saturated heterocycles. The number of hydrogen-bond donors (Lipinski definition) is 1. The van der Waals surface area contributed by atoms with Crippen molar-refractivity contribution in [1.29, 1.82) is 0 Å². The summed E-state index contributed by atoms with van der Waals surface area (Å²) in [5.74, 6) is -0.146. The third-order valence-corrected chi connectivity index (χ3v) is 2.21. The Hall–Kier alpha value is -0.570. The van der Waals surface area contributed by atoms with Gasteiger partial charge in [-0.15, -0.1) is 0 Å². The molecular formula is C12H25NO2. The molecule has 1 atom stereocenters. The summed E-state index contributed by atoms with van der Waals surface area (Å²) in [6.45, 7) is 9.39. The van der Waals surface area contributed by atoms with Crippen molar-refractivity contribution >= 4 is 5.97 Å². The summed E-state index contributed by atoms with van der Waals surface area (Å²) in [6, 6.07) is -0.144. The Labute approximate surface area is 93.6 Å². The summed E-state index contributed by atoms with van der Waals surface area (Å²) in [5.41, 5.74) is 0.193. The Kier molecular flexibility index (Phi) is 6.57. The molecule has 15 heavy (non-hydrogen) atoms. The monoisotopic (exact) mass is 215 g/mol. The number of carbonyl (C=O) groups is 1. The molecule has 0 saturated carbocycles. The lowest BCUT2D eigenvalue weighted by Gasteiger charge is -2.23. The first-order valence-corrected chi connectivity index (χ1v) is 5.72. The van der Waals surface area contributed by atoms with Gasteiger partial charge in [0.05, 0.1) is 7.11 Å². The largest absolute Gasteiger partial charge is 0.468 e. The summed E-state index contributed by atoms with van der Waals surface area (Å²) in [4.78, 5) is 11.5. The highest BCUT2D eigenvalue weighted by Gasteiger charge is 2.20. The van der Waals surface area contributed by atoms with Crippen LogP contribution in [-0.2, 0) is 9.53 Å². The van der Waals surface area contributed by atoms with E-state index in [1.807, 2.05) is 0 Å². The topological polar surface area (TPSA) is 38.3 Å². The molecule has 90 valence electrons. The number of ether oxygens (including phenoxy) is 1. The van der Waals surface area contributed by atoms with Crippen LogP contribution in [0.3, 0.4) is 0 Å². The molecule has 0 aliphatic rings. The van der Waals surface area contributed by atoms with Crippen molar-refractivity contribution in [3.05, 3.63) is 0 Å². The minimum atomic E-state index is -0.146. The van der Waals surface area contributed by atoms with Gasteiger partial charge < -0.3 is 10.1 Å². The summed E-state index contributed by atoms with van der Waals surface area (Å²) < 4.78 is 4.77. The van der Waals surface area contributed by atoms with Crippen LogP contribution in [0.1, 0.15) is 47.0 Å². The van der Waals surface area contributed by atoms with E-state index in [4.69, 9.17) is 4.74 Å². The van der Waals surface area contributed by atoms with Gasteiger partial charge in [-0.3, -0.25) is 4.79 Å². The zero-order valence-electron chi connectivity index (χ0n) is 10.7. The molecule has 0 aliphatic heterocycles. The molecule has 3 heteroatoms. The fraction of sp³-hybridized carbons (Fsp3) is 0.917. The maximum Gasteiger partial charge on any atom is 0.322 e. The lowest BCUT2D eigenvalue weighted by Crippen LogP contribution is -2.41. The number of hydrogen-bond acceptors (Lipinski definition) is 3. The Morgan fingerprint density at radius 2 is 2.00 bits per heavy atom. The Balaban J connectivity index is 4.07. The maximum atomic E-state index is 11.5. The highest BCUT2D eigenvalue weighted by molar-refractivity contribution is 5.75. The van der Waals surface area contributed by atoms with Gasteiger partial charge in [0.25, 0.3) is 0 Å². The second kappa shape index (κ2) is 6.83. The van der Waals surface area contributed by atoms with Crippen LogP contribution in [0, 0.1) is 5.41 Å². The average molecular weight is 215 g/mol. The molecule has 0 aromatic heterocycles. The molecule has 0 aromatic rings. The predicted octanol–water partition coefficient (Wildman–Crippen LogP) is 2.35. The van der Waals surface area contributed by atoms with Crippen molar-refractivity contribution in [1.82, 2.24) is 5.32 Å². The summed E-state index contributed by atoms with van der Waals surface area (Å²) in [5, 5.41) is 3.27. The molecule has 0 spiro atoms. The van der Waals surface area contributed by atoms with Crippen molar-refractivity contribution in [3.63, 3.8) is 0 Å². The molecular weight excluding hydrogens is 190 g/mol. The van der Waals surface area contributed by atoms with Gasteiger partial charge in [-0.25, -0.2) is 0 Å². The first kappa shape index (κ1) is 14.4. The van der Waals surface area contributed by atoms with Crippen LogP contribution in [0.15, 0.2) is 0 Å². The normalized spacial score (nSPS) is 13.7. The zero-order chi connectivity index (χ0) is 11.9. The average Bonchev–Trinajstić information content (AvgIpc) is 2.15. The van der Waals surface area contributed by atoms with E-state index in [0.717, 1.165) is 25.8 Å². The number of unbranched alkanes of at least 4 members (excludes halogenated alkanes) is 1. The highest BCUT2D eigenvalue weighted by Crippen LogP contribution is 2.12. The molecule has 0 fully saturated rings. The van der Waals surface area contributed by atoms with Gasteiger partial charge in [-0.1, -0.05) is 40.5 Å². The molecule has 0 aromatic carbocycles. The molecule has 0 heterocycles. The minimum Gasteiger partial charge on any atom is -0.468 e. The van der Waals surface area contributed by atoms with E-state index in [0.29, 0.717) is 0 Å². The molecule has 0 radical (unpaired) electrons. The van der Waals surface area contributed by atoms with E-state index in [9.17, 15) is 4.79 Å². The minimum absolute atomic E-state index is 0.144. The van der Waals surface area contributed by atoms with Gasteiger partial charge in [0.2, 0.25) is 0 Å². The molecule has 0 bridgehead atoms. The number of carbonyl (C=O) groups excluding carboxylic acids is 1. The van der Waals surface area contributed by atoms with E-state index in [-0.39, 0.29) is 17.4 Å². The Bertz CT molecular complexity index is 185. The first-order chi connectivity index (χ1) is 6.90. The third kappa shape index (κ3) is 7.37. The van der Waals surface area contributed by atoms with E-state index in [1.54, 1.807) is 0 Å². The highest BCUT2D eigenvalue weighted by atomic mass is 16.5. The Morgan fingerprint density at radius 3 is 2.40 bits per heavy atom. The van der Waals surface area contributed by atoms with E-state index < -0.39 is 0 Å². The summed E-state index contributed by atoms with van der Waals surface area (Å²) >= 11 is 0. The zero-order valence-corrected chi connectivity index (χ0v) is 10.7. The van der Waals surface area contributed by atoms with Crippen LogP contribution in [0.25, 0.3) is 0 Å². The lowest BCUT2D eigenvalue weighted by molar-refractivity contribution is -0.143. The van der Waals surface area contributed by atoms with Crippen LogP contribution in [-0.4, -0.2) is 25.7 Å². The first-order valence-electron chi connectivity index (χ1n) is 5.72. The molecule has 3 nitrogen and oxygen atoms in total. The van der Waals surface area contributed by atoms with Crippen molar-refractivity contribution in [2.45, 2.75) is 53.0 Å². The van der Waals surface area contributed by atoms with Crippen LogP contribution in [0.4, 0.5) is 0 Å². The third-order valence-electron chi connectivity index (χ3n) is 2.21. The number of esters is 1. The maximum absolute atomic E-state index is 11.5. The molecule has 1 N–H and O–H groups in total. The van der Waals surface area contributed by atoms with Gasteiger partial charge >= 0.3 is 5.97 Å². The van der Waals surface area contributed by atoms with Gasteiger partial charge in [0, 0.05) is 6.54 Å². The number of rotatable bonds is 6. The molecule has 0 rings (SSSR count). The second-order valence-corrected chi connectivity index (χ2v) is 5.16. The van der Waals surface area contributed by atoms with Crippen LogP contribution in [0.5, 0.6) is 0 Å². The number of methoxy groups -OCH3 is 1. The van der Waals surface area contributed by atoms with Gasteiger partial charge in [-0.05, 0) is 11.8 Å². The van der Waals surface area contributed by atoms with Gasteiger partial charge in [0.15, 0.2) is 0 Å². The molecule has 0 aliphatic carbocycles. The van der Waals surface area contributed by atoms with Gasteiger partial charge in [0.1, 0.15) is 6.04 Å². The SMILES string of the molecule is CCCCC(NCC(C)(C)C)C(=O)OC. The standard InChI is InChI=1S/C12H25NO2/c1-6-7-8-10(11(14)15-5)13-9-12(2,3)4/h10,13H,6-9H2,1-5H3. The van der Waals surface area contributed by atoms with Crippen LogP contribution < -0.4 is 5.32 Å². The fourth-order valence-electron chi connectivity index (χ4n) is 1.28. The smallest absolute Gasteiger partial charge is 0.322 e. The fourth-order valence-corrected chi connectivity index (χ4v) is 1.28. The van der Waals surface area contributed by atoms with Crippen LogP contribution in [0.2, 0.25) is 0 Å². The molecule has 0 amide bonds. The predicted molar refractivity (Wildman–Crippen MR) is 62.8 cm³/mol. The number of nitrogens with one attached hydrogen (secondary N) is 1. The van der Waals surface area contributed by atoms with Gasteiger partial charge in [-0.2, -0.15) is 0 Å². The quantitative estimate of drug-likeness (QED) is 0.691. The van der Waals surface area contributed by atoms with E-state index >= 15 is 0 Å².